The van der Waals surface area contributed by atoms with Gasteiger partial charge in [-0.05, 0) is 0 Å². The Balaban J connectivity index is 2.13. The first kappa shape index (κ1) is 15.5. The van der Waals surface area contributed by atoms with Crippen molar-refractivity contribution in [3.63, 3.8) is 0 Å². The van der Waals surface area contributed by atoms with Crippen LogP contribution in [0.4, 0.5) is 4.39 Å². The summed E-state index contributed by atoms with van der Waals surface area (Å²) in [5.41, 5.74) is -3.01. The highest BCUT2D eigenvalue weighted by atomic mass is 35.5. The Labute approximate surface area is 121 Å². The lowest BCUT2D eigenvalue weighted by atomic mass is 9.96. The second-order valence-corrected chi connectivity index (χ2v) is 5.44. The highest BCUT2D eigenvalue weighted by molar-refractivity contribution is 6.18. The van der Waals surface area contributed by atoms with Gasteiger partial charge < -0.3 is 14.2 Å². The Hall–Kier alpha value is -0.880. The van der Waals surface area contributed by atoms with Crippen molar-refractivity contribution in [2.24, 2.45) is 0 Å². The summed E-state index contributed by atoms with van der Waals surface area (Å²) in [6.07, 6.45) is -1.27. The van der Waals surface area contributed by atoms with Gasteiger partial charge in [0.05, 0.1) is 12.0 Å². The third-order valence-corrected chi connectivity index (χ3v) is 4.15. The minimum atomic E-state index is -1.71. The summed E-state index contributed by atoms with van der Waals surface area (Å²) in [7, 11) is 0. The van der Waals surface area contributed by atoms with Crippen molar-refractivity contribution in [1.29, 1.82) is 0 Å². The summed E-state index contributed by atoms with van der Waals surface area (Å²) >= 11 is 5.89. The number of esters is 2. The number of hydrogen-bond donors (Lipinski definition) is 0. The molecule has 0 radical (unpaired) electrons. The molecule has 0 aromatic heterocycles. The van der Waals surface area contributed by atoms with Crippen molar-refractivity contribution in [2.45, 2.75) is 56.6 Å². The molecule has 1 saturated heterocycles. The van der Waals surface area contributed by atoms with Crippen molar-refractivity contribution in [1.82, 2.24) is 0 Å². The van der Waals surface area contributed by atoms with Crippen LogP contribution in [0.5, 0.6) is 0 Å². The van der Waals surface area contributed by atoms with Crippen molar-refractivity contribution in [3.05, 3.63) is 0 Å². The minimum Gasteiger partial charge on any atom is -0.462 e. The smallest absolute Gasteiger partial charge is 0.306 e. The molecule has 0 spiro atoms. The maximum absolute atomic E-state index is 14.5. The first-order valence-corrected chi connectivity index (χ1v) is 7.23. The maximum Gasteiger partial charge on any atom is 0.306 e. The van der Waals surface area contributed by atoms with Gasteiger partial charge >= 0.3 is 11.9 Å². The fourth-order valence-corrected chi connectivity index (χ4v) is 2.68. The molecule has 1 aliphatic carbocycles. The second kappa shape index (κ2) is 5.48. The molecule has 0 unspecified atom stereocenters. The molecule has 0 aromatic carbocycles. The van der Waals surface area contributed by atoms with Crippen LogP contribution in [0, 0.1) is 0 Å². The molecule has 0 N–H and O–H groups in total. The molecule has 0 aromatic rings. The molecule has 1 saturated carbocycles. The molecule has 2 rings (SSSR count). The van der Waals surface area contributed by atoms with E-state index in [1.807, 2.05) is 0 Å². The summed E-state index contributed by atoms with van der Waals surface area (Å²) in [5.74, 6) is -1.08. The first-order valence-electron chi connectivity index (χ1n) is 6.69. The monoisotopic (exact) mass is 308 g/mol. The fraction of sp³-hybridized carbons (Fsp3) is 0.846. The molecule has 2 aliphatic rings. The van der Waals surface area contributed by atoms with E-state index in [4.69, 9.17) is 25.8 Å². The summed E-state index contributed by atoms with van der Waals surface area (Å²) in [6, 6.07) is 0. The SMILES string of the molecule is CCC(=O)OC[C@@]1(CCl)O[C@H]2C[C@@]2(F)[C@@H]1OC(=O)CC. The van der Waals surface area contributed by atoms with Crippen LogP contribution in [0.15, 0.2) is 0 Å². The van der Waals surface area contributed by atoms with E-state index in [-0.39, 0.29) is 31.7 Å². The van der Waals surface area contributed by atoms with Gasteiger partial charge in [0.2, 0.25) is 0 Å². The predicted molar refractivity (Wildman–Crippen MR) is 68.2 cm³/mol. The van der Waals surface area contributed by atoms with E-state index >= 15 is 0 Å². The van der Waals surface area contributed by atoms with E-state index in [9.17, 15) is 14.0 Å². The Kier molecular flexibility index (Phi) is 4.25. The van der Waals surface area contributed by atoms with Gasteiger partial charge in [-0.3, -0.25) is 9.59 Å². The van der Waals surface area contributed by atoms with Crippen LogP contribution in [0.25, 0.3) is 0 Å². The number of alkyl halides is 2. The van der Waals surface area contributed by atoms with Crippen LogP contribution in [0.2, 0.25) is 0 Å². The first-order chi connectivity index (χ1) is 9.41. The molecule has 0 bridgehead atoms. The molecule has 7 heteroatoms. The zero-order valence-corrected chi connectivity index (χ0v) is 12.2. The third-order valence-electron chi connectivity index (χ3n) is 3.69. The molecule has 20 heavy (non-hydrogen) atoms. The van der Waals surface area contributed by atoms with Crippen LogP contribution < -0.4 is 0 Å². The zero-order chi connectivity index (χ0) is 15.0. The van der Waals surface area contributed by atoms with Crippen molar-refractivity contribution in [3.8, 4) is 0 Å². The maximum atomic E-state index is 14.5. The minimum absolute atomic E-state index is 0.117. The highest BCUT2D eigenvalue weighted by Crippen LogP contribution is 2.58. The lowest BCUT2D eigenvalue weighted by Crippen LogP contribution is -2.53. The van der Waals surface area contributed by atoms with Gasteiger partial charge in [-0.1, -0.05) is 13.8 Å². The topological polar surface area (TPSA) is 61.8 Å². The van der Waals surface area contributed by atoms with Crippen LogP contribution >= 0.6 is 11.6 Å². The van der Waals surface area contributed by atoms with Gasteiger partial charge in [0, 0.05) is 19.3 Å². The average Bonchev–Trinajstić information content (AvgIpc) is 3.04. The van der Waals surface area contributed by atoms with Crippen LogP contribution in [0.3, 0.4) is 0 Å². The fourth-order valence-electron chi connectivity index (χ4n) is 2.40. The third kappa shape index (κ3) is 2.51. The molecule has 1 heterocycles. The number of carbonyl (C=O) groups excluding carboxylic acids is 2. The molecule has 2 fully saturated rings. The van der Waals surface area contributed by atoms with E-state index in [2.05, 4.69) is 0 Å². The molecular weight excluding hydrogens is 291 g/mol. The van der Waals surface area contributed by atoms with E-state index in [1.54, 1.807) is 13.8 Å². The average molecular weight is 309 g/mol. The van der Waals surface area contributed by atoms with Crippen molar-refractivity contribution < 1.29 is 28.2 Å². The Morgan fingerprint density at radius 2 is 2.00 bits per heavy atom. The number of hydrogen-bond acceptors (Lipinski definition) is 5. The van der Waals surface area contributed by atoms with Crippen LogP contribution in [-0.2, 0) is 23.8 Å². The summed E-state index contributed by atoms with van der Waals surface area (Å²) in [4.78, 5) is 22.7. The molecular formula is C13H18ClFO5. The summed E-state index contributed by atoms with van der Waals surface area (Å²) in [5, 5.41) is 0. The van der Waals surface area contributed by atoms with Gasteiger partial charge in [0.25, 0.3) is 0 Å². The molecule has 4 atom stereocenters. The Bertz CT molecular complexity index is 418. The largest absolute Gasteiger partial charge is 0.462 e. The van der Waals surface area contributed by atoms with Gasteiger partial charge in [-0.15, -0.1) is 11.6 Å². The Morgan fingerprint density at radius 3 is 2.55 bits per heavy atom. The van der Waals surface area contributed by atoms with Crippen molar-refractivity contribution in [2.75, 3.05) is 12.5 Å². The lowest BCUT2D eigenvalue weighted by Gasteiger charge is -2.34. The van der Waals surface area contributed by atoms with E-state index in [1.165, 1.54) is 0 Å². The van der Waals surface area contributed by atoms with E-state index in [0.717, 1.165) is 0 Å². The highest BCUT2D eigenvalue weighted by Gasteiger charge is 2.77. The quantitative estimate of drug-likeness (QED) is 0.552. The zero-order valence-electron chi connectivity index (χ0n) is 11.5. The van der Waals surface area contributed by atoms with Gasteiger partial charge in [0.1, 0.15) is 6.61 Å². The Morgan fingerprint density at radius 1 is 1.35 bits per heavy atom. The summed E-state index contributed by atoms with van der Waals surface area (Å²) in [6.45, 7) is 3.05. The standard InChI is InChI=1S/C13H18ClFO5/c1-3-9(16)18-7-12(6-14)11(19-10(17)4-2)13(15)5-8(13)20-12/h8,11H,3-7H2,1-2H3/t8-,11+,12+,13-/m0/s1. The summed E-state index contributed by atoms with van der Waals surface area (Å²) < 4.78 is 30.3. The van der Waals surface area contributed by atoms with Crippen LogP contribution in [0.1, 0.15) is 33.1 Å². The normalized spacial score (nSPS) is 38.2. The number of rotatable bonds is 6. The van der Waals surface area contributed by atoms with Crippen molar-refractivity contribution >= 4 is 23.5 Å². The number of carbonyl (C=O) groups is 2. The number of fused-ring (bicyclic) bond motifs is 1. The van der Waals surface area contributed by atoms with Gasteiger partial charge in [-0.25, -0.2) is 4.39 Å². The molecule has 0 amide bonds. The van der Waals surface area contributed by atoms with Gasteiger partial charge in [0.15, 0.2) is 17.4 Å². The van der Waals surface area contributed by atoms with Gasteiger partial charge in [-0.2, -0.15) is 0 Å². The molecule has 114 valence electrons. The lowest BCUT2D eigenvalue weighted by molar-refractivity contribution is -0.177. The molecule has 1 aliphatic heterocycles. The number of halogens is 2. The van der Waals surface area contributed by atoms with E-state index < -0.39 is 35.4 Å². The number of ether oxygens (including phenoxy) is 3. The predicted octanol–water partition coefficient (Wildman–Crippen LogP) is 1.75. The second-order valence-electron chi connectivity index (χ2n) is 5.17. The van der Waals surface area contributed by atoms with Crippen LogP contribution in [-0.4, -0.2) is 47.9 Å². The van der Waals surface area contributed by atoms with E-state index in [0.29, 0.717) is 0 Å². The molecule has 5 nitrogen and oxygen atoms in total.